The van der Waals surface area contributed by atoms with E-state index < -0.39 is 24.3 Å². The van der Waals surface area contributed by atoms with Gasteiger partial charge in [-0.15, -0.1) is 12.3 Å². The Hall–Kier alpha value is -3.50. The van der Waals surface area contributed by atoms with E-state index in [1.807, 2.05) is 36.4 Å². The van der Waals surface area contributed by atoms with Gasteiger partial charge in [0.05, 0.1) is 12.1 Å². The number of carbonyl (C=O) groups is 2. The molecule has 0 saturated carbocycles. The lowest BCUT2D eigenvalue weighted by Gasteiger charge is -2.30. The number of carbonyl (C=O) groups excluding carboxylic acids is 2. The number of hydrogen-bond donors (Lipinski definition) is 2. The Bertz CT molecular complexity index is 820. The van der Waals surface area contributed by atoms with Crippen molar-refractivity contribution in [3.8, 4) is 12.3 Å². The van der Waals surface area contributed by atoms with Crippen LogP contribution in [-0.4, -0.2) is 34.4 Å². The summed E-state index contributed by atoms with van der Waals surface area (Å²) in [4.78, 5) is 24.7. The molecule has 2 atom stereocenters. The smallest absolute Gasteiger partial charge is 0.429 e. The Balaban J connectivity index is 2.00. The summed E-state index contributed by atoms with van der Waals surface area (Å²) in [5, 5.41) is 11.0. The lowest BCUT2D eigenvalue weighted by Crippen LogP contribution is -2.55. The third-order valence-electron chi connectivity index (χ3n) is 4.12. The second-order valence-corrected chi connectivity index (χ2v) is 6.30. The molecule has 152 valence electrons. The van der Waals surface area contributed by atoms with E-state index >= 15 is 0 Å². The largest absolute Gasteiger partial charge is 0.443 e. The molecular weight excluding hydrogens is 372 g/mol. The summed E-state index contributed by atoms with van der Waals surface area (Å²) in [6, 6.07) is 17.4. The van der Waals surface area contributed by atoms with Crippen molar-refractivity contribution in [1.29, 1.82) is 0 Å². The molecule has 0 saturated heterocycles. The number of aliphatic hydroxyl groups is 1. The predicted octanol–water partition coefficient (Wildman–Crippen LogP) is 3.24. The van der Waals surface area contributed by atoms with Gasteiger partial charge in [-0.25, -0.2) is 20.0 Å². The van der Waals surface area contributed by atoms with Crippen molar-refractivity contribution >= 4 is 12.2 Å². The van der Waals surface area contributed by atoms with Crippen LogP contribution in [-0.2, 0) is 22.7 Å². The first-order valence-corrected chi connectivity index (χ1v) is 9.10. The summed E-state index contributed by atoms with van der Waals surface area (Å²) in [7, 11) is 0. The SMILES string of the molecule is C#CC[C@@H](O)[C@@H](C)N(NC(=O)OCc1ccccc1)C(=O)OCc1ccccc1. The molecule has 0 fully saturated rings. The molecule has 2 N–H and O–H groups in total. The van der Waals surface area contributed by atoms with Crippen molar-refractivity contribution in [2.24, 2.45) is 0 Å². The van der Waals surface area contributed by atoms with E-state index in [1.165, 1.54) is 0 Å². The molecular formula is C22H24N2O5. The van der Waals surface area contributed by atoms with Gasteiger partial charge < -0.3 is 14.6 Å². The molecule has 29 heavy (non-hydrogen) atoms. The molecule has 0 aromatic heterocycles. The zero-order chi connectivity index (χ0) is 21.1. The minimum atomic E-state index is -1.06. The third-order valence-corrected chi connectivity index (χ3v) is 4.12. The Morgan fingerprint density at radius 3 is 2.07 bits per heavy atom. The summed E-state index contributed by atoms with van der Waals surface area (Å²) in [6.07, 6.45) is 2.49. The molecule has 7 nitrogen and oxygen atoms in total. The zero-order valence-corrected chi connectivity index (χ0v) is 16.2. The number of benzene rings is 2. The summed E-state index contributed by atoms with van der Waals surface area (Å²) in [5.74, 6) is 2.33. The maximum atomic E-state index is 12.5. The number of nitrogens with one attached hydrogen (secondary N) is 1. The van der Waals surface area contributed by atoms with Crippen molar-refractivity contribution in [3.63, 3.8) is 0 Å². The highest BCUT2D eigenvalue weighted by Crippen LogP contribution is 2.10. The highest BCUT2D eigenvalue weighted by Gasteiger charge is 2.29. The quantitative estimate of drug-likeness (QED) is 0.554. The van der Waals surface area contributed by atoms with Crippen LogP contribution in [0.2, 0.25) is 0 Å². The Morgan fingerprint density at radius 2 is 1.55 bits per heavy atom. The van der Waals surface area contributed by atoms with Crippen LogP contribution in [0.25, 0.3) is 0 Å². The van der Waals surface area contributed by atoms with Gasteiger partial charge in [0.15, 0.2) is 0 Å². The molecule has 0 aliphatic rings. The van der Waals surface area contributed by atoms with Crippen molar-refractivity contribution < 1.29 is 24.2 Å². The van der Waals surface area contributed by atoms with Gasteiger partial charge in [0.2, 0.25) is 0 Å². The molecule has 0 bridgehead atoms. The molecule has 0 aliphatic carbocycles. The highest BCUT2D eigenvalue weighted by atomic mass is 16.6. The average molecular weight is 396 g/mol. The molecule has 0 unspecified atom stereocenters. The maximum absolute atomic E-state index is 12.5. The molecule has 0 aliphatic heterocycles. The number of terminal acetylenes is 1. The number of hydrogen-bond acceptors (Lipinski definition) is 5. The van der Waals surface area contributed by atoms with Gasteiger partial charge in [-0.3, -0.25) is 0 Å². The second kappa shape index (κ2) is 11.4. The Labute approximate surface area is 170 Å². The Morgan fingerprint density at radius 1 is 1.03 bits per heavy atom. The molecule has 0 radical (unpaired) electrons. The van der Waals surface area contributed by atoms with Gasteiger partial charge >= 0.3 is 12.2 Å². The van der Waals surface area contributed by atoms with Gasteiger partial charge in [0.1, 0.15) is 13.2 Å². The van der Waals surface area contributed by atoms with Gasteiger partial charge in [-0.1, -0.05) is 60.7 Å². The van der Waals surface area contributed by atoms with E-state index in [0.717, 1.165) is 16.1 Å². The van der Waals surface area contributed by atoms with Crippen molar-refractivity contribution in [1.82, 2.24) is 10.4 Å². The first-order valence-electron chi connectivity index (χ1n) is 9.10. The van der Waals surface area contributed by atoms with Crippen LogP contribution in [0.4, 0.5) is 9.59 Å². The van der Waals surface area contributed by atoms with E-state index in [4.69, 9.17) is 15.9 Å². The van der Waals surface area contributed by atoms with Crippen molar-refractivity contribution in [2.75, 3.05) is 0 Å². The molecule has 2 aromatic carbocycles. The number of amides is 2. The topological polar surface area (TPSA) is 88.1 Å². The van der Waals surface area contributed by atoms with Crippen molar-refractivity contribution in [2.45, 2.75) is 38.7 Å². The minimum absolute atomic E-state index is 0.00434. The lowest BCUT2D eigenvalue weighted by molar-refractivity contribution is 0.0119. The van der Waals surface area contributed by atoms with Crippen molar-refractivity contribution in [3.05, 3.63) is 71.8 Å². The molecule has 0 heterocycles. The van der Waals surface area contributed by atoms with Gasteiger partial charge in [-0.05, 0) is 18.1 Å². The van der Waals surface area contributed by atoms with E-state index in [-0.39, 0.29) is 19.6 Å². The Kier molecular flexibility index (Phi) is 8.54. The van der Waals surface area contributed by atoms with Gasteiger partial charge in [0, 0.05) is 6.42 Å². The number of rotatable bonds is 7. The van der Waals surface area contributed by atoms with Gasteiger partial charge in [-0.2, -0.15) is 0 Å². The summed E-state index contributed by atoms with van der Waals surface area (Å²) in [5.41, 5.74) is 3.91. The molecule has 2 rings (SSSR count). The van der Waals surface area contributed by atoms with Crippen LogP contribution in [0.15, 0.2) is 60.7 Å². The van der Waals surface area contributed by atoms with E-state index in [0.29, 0.717) is 0 Å². The summed E-state index contributed by atoms with van der Waals surface area (Å²) in [6.45, 7) is 1.58. The first kappa shape index (κ1) is 21.8. The highest BCUT2D eigenvalue weighted by molar-refractivity contribution is 5.74. The van der Waals surface area contributed by atoms with Crippen LogP contribution in [0.1, 0.15) is 24.5 Å². The molecule has 0 spiro atoms. The number of nitrogens with zero attached hydrogens (tertiary/aromatic N) is 1. The van der Waals surface area contributed by atoms with E-state index in [9.17, 15) is 14.7 Å². The fourth-order valence-electron chi connectivity index (χ4n) is 2.42. The van der Waals surface area contributed by atoms with E-state index in [1.54, 1.807) is 31.2 Å². The molecule has 2 aromatic rings. The second-order valence-electron chi connectivity index (χ2n) is 6.30. The molecule has 2 amide bonds. The third kappa shape index (κ3) is 7.20. The van der Waals surface area contributed by atoms with Crippen LogP contribution in [0.5, 0.6) is 0 Å². The first-order chi connectivity index (χ1) is 14.0. The number of hydrazine groups is 1. The number of ether oxygens (including phenoxy) is 2. The van der Waals surface area contributed by atoms with Crippen LogP contribution >= 0.6 is 0 Å². The normalized spacial score (nSPS) is 12.2. The minimum Gasteiger partial charge on any atom is -0.443 e. The lowest BCUT2D eigenvalue weighted by atomic mass is 10.1. The summed E-state index contributed by atoms with van der Waals surface area (Å²) < 4.78 is 10.4. The average Bonchev–Trinajstić information content (AvgIpc) is 2.75. The standard InChI is InChI=1S/C22H24N2O5/c1-3-10-20(25)17(2)24(22(27)29-16-19-13-8-5-9-14-19)23-21(26)28-15-18-11-6-4-7-12-18/h1,4-9,11-14,17,20,25H,10,15-16H2,2H3,(H,23,26)/t17-,20-/m1/s1. The van der Waals surface area contributed by atoms with E-state index in [2.05, 4.69) is 11.3 Å². The van der Waals surface area contributed by atoms with Crippen LogP contribution in [0.3, 0.4) is 0 Å². The van der Waals surface area contributed by atoms with Crippen LogP contribution in [0, 0.1) is 12.3 Å². The fourth-order valence-corrected chi connectivity index (χ4v) is 2.42. The monoisotopic (exact) mass is 396 g/mol. The number of aliphatic hydroxyl groups excluding tert-OH is 1. The fraction of sp³-hybridized carbons (Fsp3) is 0.273. The predicted molar refractivity (Wildman–Crippen MR) is 107 cm³/mol. The van der Waals surface area contributed by atoms with Gasteiger partial charge in [0.25, 0.3) is 0 Å². The maximum Gasteiger partial charge on any atom is 0.429 e. The summed E-state index contributed by atoms with van der Waals surface area (Å²) >= 11 is 0. The zero-order valence-electron chi connectivity index (χ0n) is 16.2. The molecule has 7 heteroatoms. The van der Waals surface area contributed by atoms with Crippen LogP contribution < -0.4 is 5.43 Å².